The van der Waals surface area contributed by atoms with E-state index in [0.29, 0.717) is 12.5 Å². The summed E-state index contributed by atoms with van der Waals surface area (Å²) in [6.45, 7) is 9.25. The van der Waals surface area contributed by atoms with Crippen molar-refractivity contribution in [2.45, 2.75) is 44.8 Å². The van der Waals surface area contributed by atoms with Crippen LogP contribution in [0.3, 0.4) is 0 Å². The third kappa shape index (κ3) is 3.67. The summed E-state index contributed by atoms with van der Waals surface area (Å²) >= 11 is 0. The Morgan fingerprint density at radius 2 is 2.17 bits per heavy atom. The Bertz CT molecular complexity index is 294. The first kappa shape index (κ1) is 15.4. The van der Waals surface area contributed by atoms with Crippen LogP contribution in [0.2, 0.25) is 0 Å². The van der Waals surface area contributed by atoms with Crippen molar-refractivity contribution >= 4 is 5.97 Å². The monoisotopic (exact) mass is 257 g/mol. The number of esters is 1. The Hall–Kier alpha value is -0.650. The lowest BCUT2D eigenvalue weighted by atomic mass is 9.93. The number of rotatable bonds is 4. The van der Waals surface area contributed by atoms with Gasteiger partial charge in [0.2, 0.25) is 0 Å². The molecule has 3 atom stereocenters. The van der Waals surface area contributed by atoms with E-state index in [1.165, 1.54) is 7.11 Å². The molecular formula is C13H27N3O2. The number of methoxy groups -OCH3 is 1. The van der Waals surface area contributed by atoms with Crippen molar-refractivity contribution < 1.29 is 9.53 Å². The Morgan fingerprint density at radius 1 is 1.56 bits per heavy atom. The molecule has 0 aromatic rings. The summed E-state index contributed by atoms with van der Waals surface area (Å²) in [5.74, 6) is -0.337. The van der Waals surface area contributed by atoms with Crippen molar-refractivity contribution in [2.75, 3.05) is 33.8 Å². The van der Waals surface area contributed by atoms with Crippen molar-refractivity contribution in [1.82, 2.24) is 9.80 Å². The molecule has 1 heterocycles. The molecule has 106 valence electrons. The minimum Gasteiger partial charge on any atom is -0.468 e. The van der Waals surface area contributed by atoms with Gasteiger partial charge in [0.25, 0.3) is 0 Å². The highest BCUT2D eigenvalue weighted by atomic mass is 16.5. The van der Waals surface area contributed by atoms with Crippen LogP contribution in [-0.2, 0) is 9.53 Å². The summed E-state index contributed by atoms with van der Waals surface area (Å²) in [5.41, 5.74) is 5.13. The van der Waals surface area contributed by atoms with E-state index in [2.05, 4.69) is 30.7 Å². The number of likely N-dealkylation sites (N-methyl/N-ethyl adjacent to an activating group) is 1. The third-order valence-corrected chi connectivity index (χ3v) is 3.82. The molecule has 3 unspecified atom stereocenters. The molecule has 0 aromatic heterocycles. The van der Waals surface area contributed by atoms with Gasteiger partial charge in [-0.3, -0.25) is 9.69 Å². The molecule has 1 fully saturated rings. The molecule has 0 aromatic carbocycles. The molecule has 5 heteroatoms. The molecule has 0 aliphatic carbocycles. The second-order valence-corrected chi connectivity index (χ2v) is 5.81. The molecule has 18 heavy (non-hydrogen) atoms. The van der Waals surface area contributed by atoms with Gasteiger partial charge in [-0.05, 0) is 34.2 Å². The fraction of sp³-hybridized carbons (Fsp3) is 0.923. The van der Waals surface area contributed by atoms with E-state index in [0.717, 1.165) is 19.6 Å². The largest absolute Gasteiger partial charge is 0.468 e. The van der Waals surface area contributed by atoms with Crippen LogP contribution < -0.4 is 5.73 Å². The smallest absolute Gasteiger partial charge is 0.325 e. The second-order valence-electron chi connectivity index (χ2n) is 5.81. The van der Waals surface area contributed by atoms with Crippen LogP contribution >= 0.6 is 0 Å². The average molecular weight is 257 g/mol. The van der Waals surface area contributed by atoms with Gasteiger partial charge in [-0.25, -0.2) is 0 Å². The molecular weight excluding hydrogens is 230 g/mol. The second kappa shape index (κ2) is 5.99. The Kier molecular flexibility index (Phi) is 5.13. The number of piperazine rings is 1. The molecule has 0 radical (unpaired) electrons. The van der Waals surface area contributed by atoms with Crippen LogP contribution in [-0.4, -0.2) is 67.2 Å². The first-order valence-corrected chi connectivity index (χ1v) is 6.59. The van der Waals surface area contributed by atoms with Gasteiger partial charge in [0, 0.05) is 31.7 Å². The Labute approximate surface area is 110 Å². The van der Waals surface area contributed by atoms with Gasteiger partial charge in [-0.2, -0.15) is 0 Å². The lowest BCUT2D eigenvalue weighted by Gasteiger charge is -2.43. The van der Waals surface area contributed by atoms with Crippen LogP contribution in [0.25, 0.3) is 0 Å². The van der Waals surface area contributed by atoms with Crippen LogP contribution in [0.15, 0.2) is 0 Å². The first-order chi connectivity index (χ1) is 8.27. The van der Waals surface area contributed by atoms with E-state index in [1.807, 2.05) is 0 Å². The molecule has 0 saturated carbocycles. The van der Waals surface area contributed by atoms with Crippen LogP contribution in [0, 0.1) is 0 Å². The SMILES string of the molecule is COC(=O)C(C)(N)CC(C)N1CCN(C)CC1C. The lowest BCUT2D eigenvalue weighted by Crippen LogP contribution is -2.57. The lowest BCUT2D eigenvalue weighted by molar-refractivity contribution is -0.147. The van der Waals surface area contributed by atoms with Crippen molar-refractivity contribution in [3.63, 3.8) is 0 Å². The van der Waals surface area contributed by atoms with Gasteiger partial charge >= 0.3 is 5.97 Å². The predicted octanol–water partition coefficient (Wildman–Crippen LogP) is 0.291. The van der Waals surface area contributed by atoms with E-state index >= 15 is 0 Å². The maximum absolute atomic E-state index is 11.6. The quantitative estimate of drug-likeness (QED) is 0.734. The number of hydrogen-bond donors (Lipinski definition) is 1. The summed E-state index contributed by atoms with van der Waals surface area (Å²) in [4.78, 5) is 16.4. The zero-order chi connectivity index (χ0) is 13.9. The number of hydrogen-bond acceptors (Lipinski definition) is 5. The van der Waals surface area contributed by atoms with E-state index < -0.39 is 5.54 Å². The summed E-state index contributed by atoms with van der Waals surface area (Å²) in [6.07, 6.45) is 0.619. The van der Waals surface area contributed by atoms with Crippen molar-refractivity contribution in [3.8, 4) is 0 Å². The molecule has 2 N–H and O–H groups in total. The molecule has 1 aliphatic rings. The minimum absolute atomic E-state index is 0.280. The standard InChI is InChI=1S/C13H27N3O2/c1-10(8-13(3,14)12(17)18-5)16-7-6-15(4)9-11(16)2/h10-11H,6-9,14H2,1-5H3. The first-order valence-electron chi connectivity index (χ1n) is 6.59. The molecule has 0 bridgehead atoms. The fourth-order valence-corrected chi connectivity index (χ4v) is 2.86. The normalized spacial score (nSPS) is 27.6. The Balaban J connectivity index is 2.59. The van der Waals surface area contributed by atoms with Crippen LogP contribution in [0.4, 0.5) is 0 Å². The van der Waals surface area contributed by atoms with Gasteiger partial charge in [-0.15, -0.1) is 0 Å². The van der Waals surface area contributed by atoms with Crippen LogP contribution in [0.1, 0.15) is 27.2 Å². The number of ether oxygens (including phenoxy) is 1. The van der Waals surface area contributed by atoms with Crippen molar-refractivity contribution in [3.05, 3.63) is 0 Å². The van der Waals surface area contributed by atoms with Gasteiger partial charge in [0.05, 0.1) is 7.11 Å². The highest BCUT2D eigenvalue weighted by molar-refractivity contribution is 5.79. The van der Waals surface area contributed by atoms with E-state index in [1.54, 1.807) is 6.92 Å². The maximum Gasteiger partial charge on any atom is 0.325 e. The van der Waals surface area contributed by atoms with Crippen LogP contribution in [0.5, 0.6) is 0 Å². The molecule has 1 rings (SSSR count). The van der Waals surface area contributed by atoms with E-state index in [9.17, 15) is 4.79 Å². The fourth-order valence-electron chi connectivity index (χ4n) is 2.86. The van der Waals surface area contributed by atoms with E-state index in [-0.39, 0.29) is 12.0 Å². The highest BCUT2D eigenvalue weighted by Crippen LogP contribution is 2.19. The van der Waals surface area contributed by atoms with Crippen molar-refractivity contribution in [2.24, 2.45) is 5.73 Å². The zero-order valence-electron chi connectivity index (χ0n) is 12.3. The summed E-state index contributed by atoms with van der Waals surface area (Å²) < 4.78 is 4.76. The minimum atomic E-state index is -0.906. The topological polar surface area (TPSA) is 58.8 Å². The van der Waals surface area contributed by atoms with Crippen molar-refractivity contribution in [1.29, 1.82) is 0 Å². The molecule has 0 amide bonds. The van der Waals surface area contributed by atoms with Gasteiger partial charge in [-0.1, -0.05) is 0 Å². The summed E-state index contributed by atoms with van der Waals surface area (Å²) in [5, 5.41) is 0. The van der Waals surface area contributed by atoms with Gasteiger partial charge < -0.3 is 15.4 Å². The zero-order valence-corrected chi connectivity index (χ0v) is 12.3. The molecule has 1 aliphatic heterocycles. The predicted molar refractivity (Wildman–Crippen MR) is 72.4 cm³/mol. The number of nitrogens with zero attached hydrogens (tertiary/aromatic N) is 2. The average Bonchev–Trinajstić information content (AvgIpc) is 2.26. The van der Waals surface area contributed by atoms with Gasteiger partial charge in [0.15, 0.2) is 0 Å². The highest BCUT2D eigenvalue weighted by Gasteiger charge is 2.35. The molecule has 0 spiro atoms. The third-order valence-electron chi connectivity index (χ3n) is 3.82. The number of carbonyl (C=O) groups excluding carboxylic acids is 1. The molecule has 1 saturated heterocycles. The van der Waals surface area contributed by atoms with Gasteiger partial charge in [0.1, 0.15) is 5.54 Å². The molecule has 5 nitrogen and oxygen atoms in total. The van der Waals surface area contributed by atoms with E-state index in [4.69, 9.17) is 10.5 Å². The number of carbonyl (C=O) groups is 1. The number of nitrogens with two attached hydrogens (primary N) is 1. The maximum atomic E-state index is 11.6. The summed E-state index contributed by atoms with van der Waals surface area (Å²) in [6, 6.07) is 0.773. The summed E-state index contributed by atoms with van der Waals surface area (Å²) in [7, 11) is 3.52. The Morgan fingerprint density at radius 3 is 2.67 bits per heavy atom.